The lowest BCUT2D eigenvalue weighted by Crippen LogP contribution is -2.41. The molecule has 0 spiro atoms. The van der Waals surface area contributed by atoms with E-state index >= 15 is 0 Å². The van der Waals surface area contributed by atoms with Gasteiger partial charge in [-0.05, 0) is 6.42 Å². The van der Waals surface area contributed by atoms with Crippen LogP contribution < -0.4 is 0 Å². The molecule has 1 atom stereocenters. The lowest BCUT2D eigenvalue weighted by atomic mass is 10.2. The Kier molecular flexibility index (Phi) is 3.00. The summed E-state index contributed by atoms with van der Waals surface area (Å²) < 4.78 is 9.55. The molecule has 0 aromatic carbocycles. The quantitative estimate of drug-likeness (QED) is 0.796. The summed E-state index contributed by atoms with van der Waals surface area (Å²) in [5.41, 5.74) is 1.05. The Hall–Kier alpha value is -1.73. The molecule has 2 aliphatic rings. The van der Waals surface area contributed by atoms with E-state index in [1.165, 1.54) is 0 Å². The molecule has 2 aromatic heterocycles. The molecule has 106 valence electrons. The fourth-order valence-electron chi connectivity index (χ4n) is 3.01. The highest BCUT2D eigenvalue weighted by Crippen LogP contribution is 2.20. The average Bonchev–Trinajstić information content (AvgIpc) is 3.19. The third-order valence-electron chi connectivity index (χ3n) is 4.09. The van der Waals surface area contributed by atoms with E-state index in [-0.39, 0.29) is 0 Å². The van der Waals surface area contributed by atoms with Gasteiger partial charge in [0.1, 0.15) is 18.5 Å². The maximum atomic E-state index is 5.49. The second-order valence-corrected chi connectivity index (χ2v) is 5.42. The molecular weight excluding hydrogens is 256 g/mol. The highest BCUT2D eigenvalue weighted by Gasteiger charge is 2.27. The molecule has 0 saturated carbocycles. The van der Waals surface area contributed by atoms with Crippen molar-refractivity contribution >= 4 is 0 Å². The molecule has 1 saturated heterocycles. The van der Waals surface area contributed by atoms with Crippen molar-refractivity contribution in [2.24, 2.45) is 0 Å². The van der Waals surface area contributed by atoms with Gasteiger partial charge in [-0.2, -0.15) is 5.10 Å². The summed E-state index contributed by atoms with van der Waals surface area (Å²) in [6.45, 7) is 5.47. The molecule has 7 heteroatoms. The molecule has 4 rings (SSSR count). The average molecular weight is 274 g/mol. The summed E-state index contributed by atoms with van der Waals surface area (Å²) in [6.07, 6.45) is 6.56. The number of nitrogens with zero attached hydrogens (tertiary/aromatic N) is 6. The molecule has 0 unspecified atom stereocenters. The smallest absolute Gasteiger partial charge is 0.137 e. The lowest BCUT2D eigenvalue weighted by Gasteiger charge is -2.31. The van der Waals surface area contributed by atoms with Gasteiger partial charge in [0.2, 0.25) is 0 Å². The van der Waals surface area contributed by atoms with Gasteiger partial charge in [0.15, 0.2) is 0 Å². The largest absolute Gasteiger partial charge is 0.380 e. The van der Waals surface area contributed by atoms with Crippen molar-refractivity contribution < 1.29 is 4.74 Å². The van der Waals surface area contributed by atoms with Gasteiger partial charge in [-0.25, -0.2) is 14.6 Å². The Labute approximate surface area is 117 Å². The molecule has 7 nitrogen and oxygen atoms in total. The lowest BCUT2D eigenvalue weighted by molar-refractivity contribution is 0.121. The van der Waals surface area contributed by atoms with Gasteiger partial charge in [-0.3, -0.25) is 4.90 Å². The van der Waals surface area contributed by atoms with Crippen LogP contribution in [0.3, 0.4) is 0 Å². The van der Waals surface area contributed by atoms with Crippen LogP contribution in [0, 0.1) is 0 Å². The van der Waals surface area contributed by atoms with Crippen LogP contribution in [-0.2, 0) is 24.4 Å². The van der Waals surface area contributed by atoms with E-state index in [0.29, 0.717) is 12.6 Å². The number of rotatable bonds is 3. The zero-order valence-electron chi connectivity index (χ0n) is 11.4. The van der Waals surface area contributed by atoms with E-state index < -0.39 is 0 Å². The highest BCUT2D eigenvalue weighted by atomic mass is 16.5. The standard InChI is InChI=1S/C13H18N6O/c1-4-20-8-12(1)17-2-3-18-5-11(16-13(18)7-17)6-19-10-14-9-15-19/h5,9-10,12H,1-4,6-8H2/t12-/m1/s1. The van der Waals surface area contributed by atoms with Crippen LogP contribution in [0.15, 0.2) is 18.9 Å². The fraction of sp³-hybridized carbons (Fsp3) is 0.615. The monoisotopic (exact) mass is 274 g/mol. The Bertz CT molecular complexity index is 572. The van der Waals surface area contributed by atoms with Crippen LogP contribution in [0.5, 0.6) is 0 Å². The summed E-state index contributed by atoms with van der Waals surface area (Å²) in [5.74, 6) is 1.15. The third-order valence-corrected chi connectivity index (χ3v) is 4.09. The van der Waals surface area contributed by atoms with Gasteiger partial charge in [-0.15, -0.1) is 0 Å². The first-order valence-corrected chi connectivity index (χ1v) is 7.07. The topological polar surface area (TPSA) is 61.0 Å². The Morgan fingerprint density at radius 1 is 1.35 bits per heavy atom. The molecule has 0 amide bonds. The van der Waals surface area contributed by atoms with E-state index in [9.17, 15) is 0 Å². The van der Waals surface area contributed by atoms with Crippen LogP contribution in [0.25, 0.3) is 0 Å². The molecule has 1 fully saturated rings. The number of fused-ring (bicyclic) bond motifs is 1. The minimum absolute atomic E-state index is 0.569. The molecule has 2 aromatic rings. The van der Waals surface area contributed by atoms with Crippen molar-refractivity contribution in [1.82, 2.24) is 29.2 Å². The normalized spacial score (nSPS) is 23.1. The minimum Gasteiger partial charge on any atom is -0.380 e. The predicted octanol–water partition coefficient (Wildman–Crippen LogP) is 0.127. The Morgan fingerprint density at radius 3 is 3.15 bits per heavy atom. The second kappa shape index (κ2) is 4.99. The van der Waals surface area contributed by atoms with Crippen molar-refractivity contribution in [3.05, 3.63) is 30.4 Å². The number of hydrogen-bond donors (Lipinski definition) is 0. The van der Waals surface area contributed by atoms with Gasteiger partial charge < -0.3 is 9.30 Å². The van der Waals surface area contributed by atoms with Gasteiger partial charge >= 0.3 is 0 Å². The molecule has 0 aliphatic carbocycles. The van der Waals surface area contributed by atoms with Crippen molar-refractivity contribution in [2.45, 2.75) is 32.1 Å². The second-order valence-electron chi connectivity index (χ2n) is 5.42. The summed E-state index contributed by atoms with van der Waals surface area (Å²) in [7, 11) is 0. The van der Waals surface area contributed by atoms with Crippen LogP contribution in [0.4, 0.5) is 0 Å². The van der Waals surface area contributed by atoms with Crippen molar-refractivity contribution in [1.29, 1.82) is 0 Å². The molecule has 2 aliphatic heterocycles. The maximum Gasteiger partial charge on any atom is 0.137 e. The molecule has 20 heavy (non-hydrogen) atoms. The number of aromatic nitrogens is 5. The zero-order valence-corrected chi connectivity index (χ0v) is 11.4. The summed E-state index contributed by atoms with van der Waals surface area (Å²) in [5, 5.41) is 4.13. The van der Waals surface area contributed by atoms with E-state index in [1.54, 1.807) is 17.3 Å². The zero-order chi connectivity index (χ0) is 13.4. The Morgan fingerprint density at radius 2 is 2.35 bits per heavy atom. The summed E-state index contributed by atoms with van der Waals surface area (Å²) in [4.78, 5) is 11.2. The molecule has 0 bridgehead atoms. The third kappa shape index (κ3) is 2.23. The predicted molar refractivity (Wildman–Crippen MR) is 71.0 cm³/mol. The summed E-state index contributed by atoms with van der Waals surface area (Å²) in [6, 6.07) is 0.569. The summed E-state index contributed by atoms with van der Waals surface area (Å²) >= 11 is 0. The van der Waals surface area contributed by atoms with Crippen LogP contribution in [0.2, 0.25) is 0 Å². The van der Waals surface area contributed by atoms with Gasteiger partial charge in [0, 0.05) is 31.9 Å². The van der Waals surface area contributed by atoms with Crippen LogP contribution >= 0.6 is 0 Å². The SMILES string of the molecule is c1ncn(Cc2cn3c(n2)CN([C@@H]2CCOC2)CC3)n1. The van der Waals surface area contributed by atoms with E-state index in [1.807, 2.05) is 0 Å². The van der Waals surface area contributed by atoms with E-state index in [2.05, 4.69) is 25.7 Å². The first-order valence-electron chi connectivity index (χ1n) is 7.07. The molecule has 4 heterocycles. The van der Waals surface area contributed by atoms with Crippen LogP contribution in [0.1, 0.15) is 17.9 Å². The first-order chi connectivity index (χ1) is 9.88. The van der Waals surface area contributed by atoms with Crippen molar-refractivity contribution in [2.75, 3.05) is 19.8 Å². The number of hydrogen-bond acceptors (Lipinski definition) is 5. The molecule has 0 radical (unpaired) electrons. The van der Waals surface area contributed by atoms with E-state index in [4.69, 9.17) is 9.72 Å². The fourth-order valence-corrected chi connectivity index (χ4v) is 3.01. The van der Waals surface area contributed by atoms with Crippen molar-refractivity contribution in [3.63, 3.8) is 0 Å². The van der Waals surface area contributed by atoms with Crippen molar-refractivity contribution in [3.8, 4) is 0 Å². The maximum absolute atomic E-state index is 5.49. The van der Waals surface area contributed by atoms with Crippen LogP contribution in [-0.4, -0.2) is 55.0 Å². The minimum atomic E-state index is 0.569. The number of imidazole rings is 1. The highest BCUT2D eigenvalue weighted by molar-refractivity contribution is 5.07. The Balaban J connectivity index is 1.49. The number of ether oxygens (including phenoxy) is 1. The van der Waals surface area contributed by atoms with Gasteiger partial charge in [-0.1, -0.05) is 0 Å². The molecule has 0 N–H and O–H groups in total. The van der Waals surface area contributed by atoms with Gasteiger partial charge in [0.25, 0.3) is 0 Å². The van der Waals surface area contributed by atoms with Gasteiger partial charge in [0.05, 0.1) is 25.4 Å². The first kappa shape index (κ1) is 12.0. The molecular formula is C13H18N6O. The van der Waals surface area contributed by atoms with E-state index in [0.717, 1.165) is 50.8 Å².